The van der Waals surface area contributed by atoms with E-state index in [0.717, 1.165) is 55.2 Å². The first-order valence-corrected chi connectivity index (χ1v) is 12.0. The second-order valence-electron chi connectivity index (χ2n) is 9.05. The van der Waals surface area contributed by atoms with Crippen molar-refractivity contribution in [1.29, 1.82) is 0 Å². The molecule has 0 saturated heterocycles. The molecule has 1 aromatic heterocycles. The van der Waals surface area contributed by atoms with Gasteiger partial charge >= 0.3 is 0 Å². The zero-order valence-electron chi connectivity index (χ0n) is 18.6. The van der Waals surface area contributed by atoms with Crippen molar-refractivity contribution in [3.63, 3.8) is 0 Å². The summed E-state index contributed by atoms with van der Waals surface area (Å²) in [5.41, 5.74) is 6.30. The molecule has 0 bridgehead atoms. The fourth-order valence-corrected chi connectivity index (χ4v) is 5.46. The molecule has 0 radical (unpaired) electrons. The molecule has 1 N–H and O–H groups in total. The van der Waals surface area contributed by atoms with Crippen molar-refractivity contribution >= 4 is 39.7 Å². The Labute approximate surface area is 194 Å². The van der Waals surface area contributed by atoms with Gasteiger partial charge in [-0.3, -0.25) is 9.69 Å². The van der Waals surface area contributed by atoms with Gasteiger partial charge in [-0.15, -0.1) is 0 Å². The zero-order valence-corrected chi connectivity index (χ0v) is 19.4. The van der Waals surface area contributed by atoms with Crippen LogP contribution in [0.4, 0.5) is 5.69 Å². The molecule has 32 heavy (non-hydrogen) atoms. The molecular formula is C27H30ClN3O. The molecule has 5 heteroatoms. The van der Waals surface area contributed by atoms with E-state index in [1.54, 1.807) is 6.92 Å². The van der Waals surface area contributed by atoms with Crippen LogP contribution >= 0.6 is 11.6 Å². The van der Waals surface area contributed by atoms with Crippen molar-refractivity contribution in [2.45, 2.75) is 38.5 Å². The maximum Gasteiger partial charge on any atom is 0.223 e. The molecule has 5 rings (SSSR count). The summed E-state index contributed by atoms with van der Waals surface area (Å²) in [6.45, 7) is 5.76. The molecule has 1 amide bonds. The summed E-state index contributed by atoms with van der Waals surface area (Å²) in [6.07, 6.45) is 9.13. The average Bonchev–Trinajstić information content (AvgIpc) is 3.39. The molecule has 0 spiro atoms. The monoisotopic (exact) mass is 447 g/mol. The van der Waals surface area contributed by atoms with Crippen LogP contribution in [0.15, 0.2) is 54.7 Å². The lowest BCUT2D eigenvalue weighted by Crippen LogP contribution is -2.29. The summed E-state index contributed by atoms with van der Waals surface area (Å²) in [6, 6.07) is 14.5. The van der Waals surface area contributed by atoms with E-state index in [4.69, 9.17) is 11.6 Å². The standard InChI is InChI=1S/C27H30ClN3O/c1-19(32)31-18-21(23-7-2-3-8-27(23)31)6-4-5-13-30-14-11-20(12-15-30)25-17-29-26-16-22(28)9-10-24(25)26/h2-3,7-11,16-17,21,29H,4-6,12-15,18H2,1H3. The quantitative estimate of drug-likeness (QED) is 0.455. The summed E-state index contributed by atoms with van der Waals surface area (Å²) < 4.78 is 0. The smallest absolute Gasteiger partial charge is 0.223 e. The number of benzene rings is 2. The van der Waals surface area contributed by atoms with Crippen LogP contribution in [0.1, 0.15) is 49.7 Å². The van der Waals surface area contributed by atoms with E-state index in [0.29, 0.717) is 5.92 Å². The van der Waals surface area contributed by atoms with Crippen LogP contribution in [0.5, 0.6) is 0 Å². The van der Waals surface area contributed by atoms with Crippen molar-refractivity contribution in [3.8, 4) is 0 Å². The van der Waals surface area contributed by atoms with Gasteiger partial charge in [0, 0.05) is 65.8 Å². The SMILES string of the molecule is CC(=O)N1CC(CCCCN2CC=C(c3c[nH]c4cc(Cl)ccc34)CC2)c2ccccc21. The number of nitrogens with one attached hydrogen (secondary N) is 1. The number of amides is 1. The lowest BCUT2D eigenvalue weighted by molar-refractivity contribution is -0.116. The van der Waals surface area contributed by atoms with Gasteiger partial charge in [0.25, 0.3) is 0 Å². The van der Waals surface area contributed by atoms with E-state index < -0.39 is 0 Å². The molecular weight excluding hydrogens is 418 g/mol. The molecule has 2 aliphatic rings. The third kappa shape index (κ3) is 4.22. The van der Waals surface area contributed by atoms with Gasteiger partial charge in [0.1, 0.15) is 0 Å². The van der Waals surface area contributed by atoms with Gasteiger partial charge in [-0.1, -0.05) is 48.4 Å². The summed E-state index contributed by atoms with van der Waals surface area (Å²) in [5, 5.41) is 2.02. The lowest BCUT2D eigenvalue weighted by atomic mass is 9.95. The number of H-pyrrole nitrogens is 1. The Morgan fingerprint density at radius 2 is 2.06 bits per heavy atom. The first-order chi connectivity index (χ1) is 15.6. The van der Waals surface area contributed by atoms with Crippen LogP contribution < -0.4 is 4.90 Å². The molecule has 0 saturated carbocycles. The number of hydrogen-bond acceptors (Lipinski definition) is 2. The van der Waals surface area contributed by atoms with E-state index in [1.807, 2.05) is 23.1 Å². The molecule has 0 aliphatic carbocycles. The number of para-hydroxylation sites is 1. The number of hydrogen-bond donors (Lipinski definition) is 1. The Hall–Kier alpha value is -2.56. The molecule has 3 aromatic rings. The first kappa shape index (κ1) is 21.3. The van der Waals surface area contributed by atoms with E-state index >= 15 is 0 Å². The number of aromatic nitrogens is 1. The summed E-state index contributed by atoms with van der Waals surface area (Å²) >= 11 is 6.12. The minimum Gasteiger partial charge on any atom is -0.361 e. The van der Waals surface area contributed by atoms with Crippen molar-refractivity contribution in [2.75, 3.05) is 31.1 Å². The van der Waals surface area contributed by atoms with Crippen LogP contribution in [0.25, 0.3) is 16.5 Å². The number of carbonyl (C=O) groups excluding carboxylic acids is 1. The minimum atomic E-state index is 0.147. The molecule has 166 valence electrons. The highest BCUT2D eigenvalue weighted by Gasteiger charge is 2.29. The number of rotatable bonds is 6. The molecule has 3 heterocycles. The number of nitrogens with zero attached hydrogens (tertiary/aromatic N) is 2. The van der Waals surface area contributed by atoms with Gasteiger partial charge in [0.2, 0.25) is 5.91 Å². The molecule has 2 aromatic carbocycles. The highest BCUT2D eigenvalue weighted by Crippen LogP contribution is 2.39. The van der Waals surface area contributed by atoms with Crippen LogP contribution in [0.3, 0.4) is 0 Å². The first-order valence-electron chi connectivity index (χ1n) is 11.7. The number of aromatic amines is 1. The highest BCUT2D eigenvalue weighted by molar-refractivity contribution is 6.31. The van der Waals surface area contributed by atoms with Gasteiger partial charge in [-0.05, 0) is 55.1 Å². The van der Waals surface area contributed by atoms with Crippen molar-refractivity contribution in [1.82, 2.24) is 9.88 Å². The third-order valence-corrected chi connectivity index (χ3v) is 7.25. The van der Waals surface area contributed by atoms with Gasteiger partial charge in [0.05, 0.1) is 0 Å². The summed E-state index contributed by atoms with van der Waals surface area (Å²) in [7, 11) is 0. The average molecular weight is 448 g/mol. The maximum absolute atomic E-state index is 12.0. The molecule has 1 atom stereocenters. The van der Waals surface area contributed by atoms with Crippen molar-refractivity contribution in [2.24, 2.45) is 0 Å². The number of anilines is 1. The summed E-state index contributed by atoms with van der Waals surface area (Å²) in [5.74, 6) is 0.618. The normalized spacial score (nSPS) is 18.8. The number of unbranched alkanes of at least 4 members (excludes halogenated alkanes) is 1. The van der Waals surface area contributed by atoms with Crippen LogP contribution in [-0.4, -0.2) is 42.0 Å². The maximum atomic E-state index is 12.0. The molecule has 0 fully saturated rings. The van der Waals surface area contributed by atoms with E-state index in [1.165, 1.54) is 34.9 Å². The lowest BCUT2D eigenvalue weighted by Gasteiger charge is -2.26. The van der Waals surface area contributed by atoms with Crippen molar-refractivity contribution < 1.29 is 4.79 Å². The van der Waals surface area contributed by atoms with E-state index in [-0.39, 0.29) is 5.91 Å². The molecule has 4 nitrogen and oxygen atoms in total. The Kier molecular flexibility index (Phi) is 6.07. The minimum absolute atomic E-state index is 0.147. The summed E-state index contributed by atoms with van der Waals surface area (Å²) in [4.78, 5) is 19.9. The molecule has 2 aliphatic heterocycles. The van der Waals surface area contributed by atoms with Crippen LogP contribution in [-0.2, 0) is 4.79 Å². The van der Waals surface area contributed by atoms with Gasteiger partial charge in [-0.25, -0.2) is 0 Å². The van der Waals surface area contributed by atoms with E-state index in [2.05, 4.69) is 46.4 Å². The van der Waals surface area contributed by atoms with Gasteiger partial charge in [-0.2, -0.15) is 0 Å². The topological polar surface area (TPSA) is 39.3 Å². The predicted molar refractivity (Wildman–Crippen MR) is 133 cm³/mol. The Morgan fingerprint density at radius 1 is 1.19 bits per heavy atom. The third-order valence-electron chi connectivity index (χ3n) is 7.01. The largest absolute Gasteiger partial charge is 0.361 e. The Bertz CT molecular complexity index is 1160. The van der Waals surface area contributed by atoms with E-state index in [9.17, 15) is 4.79 Å². The number of carbonyl (C=O) groups is 1. The van der Waals surface area contributed by atoms with Crippen molar-refractivity contribution in [3.05, 3.63) is 70.9 Å². The van der Waals surface area contributed by atoms with Crippen LogP contribution in [0, 0.1) is 0 Å². The predicted octanol–water partition coefficient (Wildman–Crippen LogP) is 6.23. The fourth-order valence-electron chi connectivity index (χ4n) is 5.29. The number of halogens is 1. The second-order valence-corrected chi connectivity index (χ2v) is 9.49. The second kappa shape index (κ2) is 9.13. The molecule has 1 unspecified atom stereocenters. The van der Waals surface area contributed by atoms with Gasteiger partial charge < -0.3 is 9.88 Å². The van der Waals surface area contributed by atoms with Crippen LogP contribution in [0.2, 0.25) is 5.02 Å². The highest BCUT2D eigenvalue weighted by atomic mass is 35.5. The number of fused-ring (bicyclic) bond motifs is 2. The zero-order chi connectivity index (χ0) is 22.1. The fraction of sp³-hybridized carbons (Fsp3) is 0.370. The Morgan fingerprint density at radius 3 is 2.88 bits per heavy atom. The van der Waals surface area contributed by atoms with Gasteiger partial charge in [0.15, 0.2) is 0 Å². The Balaban J connectivity index is 1.13.